The summed E-state index contributed by atoms with van der Waals surface area (Å²) >= 11 is 0. The quantitative estimate of drug-likeness (QED) is 0.901. The van der Waals surface area contributed by atoms with E-state index in [2.05, 4.69) is 5.32 Å². The molecule has 0 radical (unpaired) electrons. The molecular formula is C15H13F2NO2. The summed E-state index contributed by atoms with van der Waals surface area (Å²) in [5, 5.41) is 12.3. The number of hydrogen-bond donors (Lipinski definition) is 2. The lowest BCUT2D eigenvalue weighted by Crippen LogP contribution is -2.28. The van der Waals surface area contributed by atoms with Gasteiger partial charge >= 0.3 is 0 Å². The van der Waals surface area contributed by atoms with Crippen LogP contribution in [0.5, 0.6) is 0 Å². The molecule has 0 aliphatic carbocycles. The molecule has 0 heterocycles. The minimum atomic E-state index is -1.08. The Labute approximate surface area is 114 Å². The first-order chi connectivity index (χ1) is 9.58. The van der Waals surface area contributed by atoms with Crippen molar-refractivity contribution in [1.82, 2.24) is 5.32 Å². The number of aliphatic hydroxyl groups excluding tert-OH is 1. The molecule has 0 fully saturated rings. The van der Waals surface area contributed by atoms with E-state index in [0.717, 1.165) is 12.1 Å². The van der Waals surface area contributed by atoms with E-state index in [9.17, 15) is 18.7 Å². The van der Waals surface area contributed by atoms with Gasteiger partial charge in [-0.15, -0.1) is 0 Å². The van der Waals surface area contributed by atoms with Gasteiger partial charge in [0.05, 0.1) is 6.10 Å². The Balaban J connectivity index is 1.97. The Morgan fingerprint density at radius 2 is 1.80 bits per heavy atom. The van der Waals surface area contributed by atoms with Crippen molar-refractivity contribution >= 4 is 5.91 Å². The molecule has 0 aliphatic heterocycles. The summed E-state index contributed by atoms with van der Waals surface area (Å²) in [4.78, 5) is 11.7. The highest BCUT2D eigenvalue weighted by molar-refractivity contribution is 5.94. The van der Waals surface area contributed by atoms with Gasteiger partial charge in [-0.05, 0) is 23.8 Å². The minimum Gasteiger partial charge on any atom is -0.387 e. The van der Waals surface area contributed by atoms with Crippen LogP contribution in [-0.4, -0.2) is 17.6 Å². The van der Waals surface area contributed by atoms with Crippen LogP contribution in [0.25, 0.3) is 0 Å². The van der Waals surface area contributed by atoms with Crippen LogP contribution in [0.15, 0.2) is 48.5 Å². The van der Waals surface area contributed by atoms with Gasteiger partial charge in [-0.3, -0.25) is 4.79 Å². The van der Waals surface area contributed by atoms with Crippen molar-refractivity contribution in [2.75, 3.05) is 6.54 Å². The first-order valence-corrected chi connectivity index (χ1v) is 6.04. The number of benzene rings is 2. The van der Waals surface area contributed by atoms with Crippen molar-refractivity contribution < 1.29 is 18.7 Å². The largest absolute Gasteiger partial charge is 0.387 e. The highest BCUT2D eigenvalue weighted by Gasteiger charge is 2.12. The summed E-state index contributed by atoms with van der Waals surface area (Å²) < 4.78 is 25.7. The number of rotatable bonds is 4. The van der Waals surface area contributed by atoms with Gasteiger partial charge < -0.3 is 10.4 Å². The van der Waals surface area contributed by atoms with Crippen LogP contribution in [-0.2, 0) is 0 Å². The fourth-order valence-corrected chi connectivity index (χ4v) is 1.72. The van der Waals surface area contributed by atoms with Crippen molar-refractivity contribution in [1.29, 1.82) is 0 Å². The molecule has 104 valence electrons. The number of halogens is 2. The molecule has 1 unspecified atom stereocenters. The first-order valence-electron chi connectivity index (χ1n) is 6.04. The van der Waals surface area contributed by atoms with Gasteiger partial charge in [-0.2, -0.15) is 0 Å². The second-order valence-corrected chi connectivity index (χ2v) is 4.27. The van der Waals surface area contributed by atoms with E-state index < -0.39 is 23.6 Å². The first kappa shape index (κ1) is 14.1. The number of aliphatic hydroxyl groups is 1. The highest BCUT2D eigenvalue weighted by Crippen LogP contribution is 2.12. The van der Waals surface area contributed by atoms with Crippen LogP contribution in [0.1, 0.15) is 22.0 Å². The molecule has 20 heavy (non-hydrogen) atoms. The number of amides is 1. The van der Waals surface area contributed by atoms with Crippen molar-refractivity contribution in [3.05, 3.63) is 71.3 Å². The van der Waals surface area contributed by atoms with E-state index in [1.807, 2.05) is 6.07 Å². The average Bonchev–Trinajstić information content (AvgIpc) is 2.48. The third-order valence-corrected chi connectivity index (χ3v) is 2.82. The van der Waals surface area contributed by atoms with Crippen molar-refractivity contribution in [2.45, 2.75) is 6.10 Å². The molecule has 2 rings (SSSR count). The van der Waals surface area contributed by atoms with Gasteiger partial charge in [0.15, 0.2) is 11.6 Å². The van der Waals surface area contributed by atoms with Gasteiger partial charge in [0.1, 0.15) is 0 Å². The highest BCUT2D eigenvalue weighted by atomic mass is 19.2. The van der Waals surface area contributed by atoms with Gasteiger partial charge in [-0.25, -0.2) is 8.78 Å². The zero-order chi connectivity index (χ0) is 14.5. The van der Waals surface area contributed by atoms with Crippen LogP contribution in [0.2, 0.25) is 0 Å². The topological polar surface area (TPSA) is 49.3 Å². The summed E-state index contributed by atoms with van der Waals surface area (Å²) in [6.45, 7) is -0.0121. The van der Waals surface area contributed by atoms with E-state index in [-0.39, 0.29) is 12.1 Å². The molecule has 0 bridgehead atoms. The van der Waals surface area contributed by atoms with E-state index in [1.165, 1.54) is 6.07 Å². The summed E-state index contributed by atoms with van der Waals surface area (Å²) in [7, 11) is 0. The molecular weight excluding hydrogens is 264 g/mol. The Morgan fingerprint density at radius 1 is 1.10 bits per heavy atom. The lowest BCUT2D eigenvalue weighted by molar-refractivity contribution is 0.0916. The van der Waals surface area contributed by atoms with Crippen molar-refractivity contribution in [2.24, 2.45) is 0 Å². The van der Waals surface area contributed by atoms with E-state index in [1.54, 1.807) is 24.3 Å². The summed E-state index contributed by atoms with van der Waals surface area (Å²) in [5.41, 5.74) is 0.669. The normalized spacial score (nSPS) is 11.9. The lowest BCUT2D eigenvalue weighted by Gasteiger charge is -2.12. The summed E-state index contributed by atoms with van der Waals surface area (Å²) in [6.07, 6.45) is -0.856. The Morgan fingerprint density at radius 3 is 2.45 bits per heavy atom. The van der Waals surface area contributed by atoms with E-state index in [4.69, 9.17) is 0 Å². The van der Waals surface area contributed by atoms with Gasteiger partial charge in [0, 0.05) is 12.1 Å². The molecule has 0 saturated carbocycles. The summed E-state index contributed by atoms with van der Waals surface area (Å²) in [6, 6.07) is 11.7. The molecule has 0 saturated heterocycles. The van der Waals surface area contributed by atoms with Crippen molar-refractivity contribution in [3.8, 4) is 0 Å². The van der Waals surface area contributed by atoms with Crippen LogP contribution in [0, 0.1) is 11.6 Å². The summed E-state index contributed by atoms with van der Waals surface area (Å²) in [5.74, 6) is -2.66. The van der Waals surface area contributed by atoms with Gasteiger partial charge in [0.25, 0.3) is 5.91 Å². The number of hydrogen-bond acceptors (Lipinski definition) is 2. The molecule has 3 nitrogen and oxygen atoms in total. The average molecular weight is 277 g/mol. The third-order valence-electron chi connectivity index (χ3n) is 2.82. The Hall–Kier alpha value is -2.27. The predicted octanol–water partition coefficient (Wildman–Crippen LogP) is 2.43. The molecule has 5 heteroatoms. The molecule has 2 aromatic carbocycles. The number of carbonyl (C=O) groups is 1. The maximum absolute atomic E-state index is 13.0. The molecule has 0 aliphatic rings. The molecule has 0 aromatic heterocycles. The molecule has 2 N–H and O–H groups in total. The fourth-order valence-electron chi connectivity index (χ4n) is 1.72. The van der Waals surface area contributed by atoms with Crippen LogP contribution >= 0.6 is 0 Å². The van der Waals surface area contributed by atoms with Crippen LogP contribution in [0.4, 0.5) is 8.78 Å². The van der Waals surface area contributed by atoms with Crippen LogP contribution < -0.4 is 5.32 Å². The second-order valence-electron chi connectivity index (χ2n) is 4.27. The SMILES string of the molecule is O=C(NCC(O)c1ccccc1)c1ccc(F)c(F)c1. The van der Waals surface area contributed by atoms with Crippen LogP contribution in [0.3, 0.4) is 0 Å². The molecule has 1 amide bonds. The van der Waals surface area contributed by atoms with Gasteiger partial charge in [-0.1, -0.05) is 30.3 Å². The van der Waals surface area contributed by atoms with Crippen molar-refractivity contribution in [3.63, 3.8) is 0 Å². The minimum absolute atomic E-state index is 0.00385. The smallest absolute Gasteiger partial charge is 0.251 e. The van der Waals surface area contributed by atoms with E-state index in [0.29, 0.717) is 5.56 Å². The maximum atomic E-state index is 13.0. The number of carbonyl (C=O) groups excluding carboxylic acids is 1. The zero-order valence-electron chi connectivity index (χ0n) is 10.5. The second kappa shape index (κ2) is 6.25. The molecule has 1 atom stereocenters. The monoisotopic (exact) mass is 277 g/mol. The maximum Gasteiger partial charge on any atom is 0.251 e. The zero-order valence-corrected chi connectivity index (χ0v) is 10.5. The molecule has 2 aromatic rings. The Kier molecular flexibility index (Phi) is 4.42. The fraction of sp³-hybridized carbons (Fsp3) is 0.133. The predicted molar refractivity (Wildman–Crippen MR) is 70.1 cm³/mol. The number of nitrogens with one attached hydrogen (secondary N) is 1. The lowest BCUT2D eigenvalue weighted by atomic mass is 10.1. The van der Waals surface area contributed by atoms with Gasteiger partial charge in [0.2, 0.25) is 0 Å². The Bertz CT molecular complexity index is 602. The third kappa shape index (κ3) is 3.39. The molecule has 0 spiro atoms. The van der Waals surface area contributed by atoms with E-state index >= 15 is 0 Å². The standard InChI is InChI=1S/C15H13F2NO2/c16-12-7-6-11(8-13(12)17)15(20)18-9-14(19)10-4-2-1-3-5-10/h1-8,14,19H,9H2,(H,18,20).